The Morgan fingerprint density at radius 2 is 1.05 bits per heavy atom. The number of morpholine rings is 3. The lowest BCUT2D eigenvalue weighted by molar-refractivity contribution is -0.141. The van der Waals surface area contributed by atoms with Crippen molar-refractivity contribution in [1.82, 2.24) is 49.8 Å². The number of rotatable bonds is 24. The Hall–Kier alpha value is -11.1. The molecule has 0 amide bonds. The fraction of sp³-hybridized carbons (Fsp3) is 0.261. The number of alkyl halides is 3. The summed E-state index contributed by atoms with van der Waals surface area (Å²) in [6.07, 6.45) is 5.20. The van der Waals surface area contributed by atoms with E-state index in [1.54, 1.807) is 24.7 Å². The monoisotopic (exact) mass is 1350 g/mol. The number of nitrogens with zero attached hydrogens (tertiary/aromatic N) is 16. The number of hydrogen-bond donors (Lipinski definition) is 3. The van der Waals surface area contributed by atoms with Gasteiger partial charge in [0.1, 0.15) is 28.9 Å². The molecule has 3 saturated heterocycles. The fourth-order valence-corrected chi connectivity index (χ4v) is 11.1. The third-order valence-corrected chi connectivity index (χ3v) is 15.8. The minimum atomic E-state index is -4.66. The molecule has 0 spiro atoms. The van der Waals surface area contributed by atoms with Gasteiger partial charge in [-0.3, -0.25) is 16.3 Å². The highest BCUT2D eigenvalue weighted by atomic mass is 35.5. The van der Waals surface area contributed by atoms with E-state index in [9.17, 15) is 13.2 Å². The van der Waals surface area contributed by atoms with Crippen LogP contribution < -0.4 is 45.2 Å². The van der Waals surface area contributed by atoms with Crippen molar-refractivity contribution in [2.75, 3.05) is 96.7 Å². The number of nitrogens with one attached hydrogen (secondary N) is 3. The highest BCUT2D eigenvalue weighted by molar-refractivity contribution is 6.30. The van der Waals surface area contributed by atoms with Crippen molar-refractivity contribution in [3.63, 3.8) is 0 Å². The largest absolute Gasteiger partial charge is 0.455 e. The highest BCUT2D eigenvalue weighted by Crippen LogP contribution is 2.31. The van der Waals surface area contributed by atoms with E-state index in [2.05, 4.69) is 93.4 Å². The van der Waals surface area contributed by atoms with Crippen LogP contribution in [0.1, 0.15) is 50.7 Å². The average Bonchev–Trinajstić information content (AvgIpc) is 0.865. The van der Waals surface area contributed by atoms with Gasteiger partial charge in [-0.25, -0.2) is 19.9 Å². The first-order valence-corrected chi connectivity index (χ1v) is 31.9. The van der Waals surface area contributed by atoms with Crippen LogP contribution in [0.25, 0.3) is 10.8 Å². The van der Waals surface area contributed by atoms with Gasteiger partial charge in [0.05, 0.1) is 62.3 Å². The Labute approximate surface area is 565 Å². The summed E-state index contributed by atoms with van der Waals surface area (Å²) in [4.78, 5) is 50.4. The molecule has 2 unspecified atom stereocenters. The third-order valence-electron chi connectivity index (χ3n) is 15.6. The van der Waals surface area contributed by atoms with Gasteiger partial charge >= 0.3 is 24.2 Å². The van der Waals surface area contributed by atoms with Crippen LogP contribution in [0.5, 0.6) is 23.8 Å². The Morgan fingerprint density at radius 3 is 1.63 bits per heavy atom. The summed E-state index contributed by atoms with van der Waals surface area (Å²) >= 11 is 5.99. The van der Waals surface area contributed by atoms with E-state index < -0.39 is 18.5 Å². The summed E-state index contributed by atoms with van der Waals surface area (Å²) in [7, 11) is 0. The summed E-state index contributed by atoms with van der Waals surface area (Å²) in [6.45, 7) is 6.95. The molecule has 13 rings (SSSR count). The quantitative estimate of drug-likeness (QED) is 0.0375. The maximum absolute atomic E-state index is 13.5. The van der Waals surface area contributed by atoms with E-state index >= 15 is 0 Å². The molecule has 29 heteroatoms. The van der Waals surface area contributed by atoms with Crippen LogP contribution in [-0.2, 0) is 46.4 Å². The van der Waals surface area contributed by atoms with Crippen molar-refractivity contribution < 1.29 is 41.6 Å². The molecular weight excluding hydrogens is 1280 g/mol. The number of aromatic nitrogens is 10. The molecule has 3 aliphatic heterocycles. The zero-order chi connectivity index (χ0) is 67.1. The summed E-state index contributed by atoms with van der Waals surface area (Å²) in [5.41, 5.74) is 13.8. The first kappa shape index (κ1) is 65.6. The molecule has 500 valence electrons. The normalized spacial score (nSPS) is 16.1. The number of fused-ring (bicyclic) bond motifs is 1. The highest BCUT2D eigenvalue weighted by Gasteiger charge is 2.33. The molecule has 3 fully saturated rings. The first-order chi connectivity index (χ1) is 47.9. The molecule has 25 nitrogen and oxygen atoms in total. The predicted octanol–water partition coefficient (Wildman–Crippen LogP) is 10.8. The standard InChI is InChI=1S/C69H65ClF3N19O6/c1-45-7-4-10-48(27-45)36-77-88-59-34-64(85-67(82-59)97-44-62-74-18-17-57(80-62)69(71,72)73)91-21-25-94-55(41-91)30-46-8-6-12-50(29-46)38-79-89-60-35-65(86-68(83-60)98-54-16-15-51-13-2-3-14-52(51)32-54)92-22-26-95-56(42-92)31-47-9-5-11-49(28-47)37-78-87-58-33-63(90-19-23-93-24-20-90)84-66(81-58)96-43-61-75-39-53(70)40-76-61/h2-18,27-29,32-40,55-56H,19-26,30-31,41-44H2,1H3,(H,81,84,87)(H,82,85,88)(H,83,86,89)/b77-36+,78-37+,79-38+. The molecule has 8 heterocycles. The number of hydrazone groups is 3. The lowest BCUT2D eigenvalue weighted by Crippen LogP contribution is -2.44. The van der Waals surface area contributed by atoms with E-state index in [1.807, 2.05) is 127 Å². The summed E-state index contributed by atoms with van der Waals surface area (Å²) < 4.78 is 76.9. The van der Waals surface area contributed by atoms with E-state index in [1.165, 1.54) is 12.4 Å². The van der Waals surface area contributed by atoms with Gasteiger partial charge < -0.3 is 43.1 Å². The van der Waals surface area contributed by atoms with Crippen LogP contribution in [0.2, 0.25) is 5.02 Å². The molecule has 0 saturated carbocycles. The van der Waals surface area contributed by atoms with Gasteiger partial charge in [-0.2, -0.15) is 58.4 Å². The lowest BCUT2D eigenvalue weighted by atomic mass is 10.0. The third kappa shape index (κ3) is 18.3. The number of hydrogen-bond acceptors (Lipinski definition) is 25. The van der Waals surface area contributed by atoms with Gasteiger partial charge in [0.15, 0.2) is 42.3 Å². The predicted molar refractivity (Wildman–Crippen MR) is 365 cm³/mol. The zero-order valence-electron chi connectivity index (χ0n) is 52.9. The Bertz CT molecular complexity index is 4480. The SMILES string of the molecule is Cc1cccc(/C=N/Nc2cc(N3CCOC(Cc4cccc(/C=N/Nc5cc(N6CCOC(Cc7cccc(/C=N/Nc8cc(N9CCOCC9)nc(OCc9ncc(Cl)cn9)n8)c7)C6)nc(Oc6ccc7ccccc7c6)n5)c4)C3)nc(OCc3nccc(C(F)(F)F)n3)n2)c1. The Balaban J connectivity index is 0.669. The smallest absolute Gasteiger partial charge is 0.433 e. The lowest BCUT2D eigenvalue weighted by Gasteiger charge is -2.34. The molecule has 5 aromatic carbocycles. The molecule has 0 bridgehead atoms. The Kier molecular flexibility index (Phi) is 20.9. The number of benzene rings is 5. The van der Waals surface area contributed by atoms with E-state index in [4.69, 9.17) is 50.0 Å². The zero-order valence-corrected chi connectivity index (χ0v) is 53.7. The van der Waals surface area contributed by atoms with Crippen molar-refractivity contribution in [3.05, 3.63) is 214 Å². The van der Waals surface area contributed by atoms with E-state index in [0.717, 1.165) is 56.4 Å². The molecule has 98 heavy (non-hydrogen) atoms. The van der Waals surface area contributed by atoms with Gasteiger partial charge in [-0.1, -0.05) is 120 Å². The number of ether oxygens (including phenoxy) is 6. The van der Waals surface area contributed by atoms with Gasteiger partial charge in [0.2, 0.25) is 0 Å². The van der Waals surface area contributed by atoms with E-state index in [0.29, 0.717) is 130 Å². The summed E-state index contributed by atoms with van der Waals surface area (Å²) in [6, 6.07) is 44.1. The van der Waals surface area contributed by atoms with Gasteiger partial charge in [0.25, 0.3) is 0 Å². The van der Waals surface area contributed by atoms with Crippen LogP contribution in [-0.4, -0.2) is 146 Å². The van der Waals surface area contributed by atoms with Crippen molar-refractivity contribution in [2.45, 2.75) is 51.4 Å². The first-order valence-electron chi connectivity index (χ1n) is 31.5. The van der Waals surface area contributed by atoms with Crippen molar-refractivity contribution in [1.29, 1.82) is 0 Å². The topological polar surface area (TPSA) is 267 Å². The maximum atomic E-state index is 13.5. The fourth-order valence-electron chi connectivity index (χ4n) is 11.0. The summed E-state index contributed by atoms with van der Waals surface area (Å²) in [5, 5.41) is 16.1. The minimum Gasteiger partial charge on any atom is -0.455 e. The number of halogens is 4. The molecular formula is C69H65ClF3N19O6. The van der Waals surface area contributed by atoms with Gasteiger partial charge in [-0.15, -0.1) is 0 Å². The van der Waals surface area contributed by atoms with Crippen LogP contribution in [0.15, 0.2) is 173 Å². The second kappa shape index (κ2) is 31.2. The van der Waals surface area contributed by atoms with Crippen molar-refractivity contribution in [3.8, 4) is 23.8 Å². The molecule has 3 aliphatic rings. The van der Waals surface area contributed by atoms with Crippen molar-refractivity contribution >= 4 is 75.9 Å². The number of aryl methyl sites for hydroxylation is 1. The van der Waals surface area contributed by atoms with E-state index in [-0.39, 0.29) is 42.7 Å². The molecule has 5 aromatic heterocycles. The molecule has 0 aliphatic carbocycles. The molecule has 10 aromatic rings. The molecule has 2 atom stereocenters. The Morgan fingerprint density at radius 1 is 0.531 bits per heavy atom. The second-order valence-electron chi connectivity index (χ2n) is 22.9. The average molecular weight is 1350 g/mol. The number of anilines is 6. The van der Waals surface area contributed by atoms with Crippen LogP contribution >= 0.6 is 11.6 Å². The van der Waals surface area contributed by atoms with Crippen LogP contribution in [0.3, 0.4) is 0 Å². The molecule has 3 N–H and O–H groups in total. The maximum Gasteiger partial charge on any atom is 0.433 e. The van der Waals surface area contributed by atoms with Crippen LogP contribution in [0.4, 0.5) is 48.1 Å². The minimum absolute atomic E-state index is 0.0438. The van der Waals surface area contributed by atoms with Crippen LogP contribution in [0, 0.1) is 6.92 Å². The van der Waals surface area contributed by atoms with Crippen molar-refractivity contribution in [2.24, 2.45) is 15.3 Å². The second-order valence-corrected chi connectivity index (χ2v) is 23.4. The summed E-state index contributed by atoms with van der Waals surface area (Å²) in [5.74, 6) is 3.74. The molecule has 0 radical (unpaired) electrons. The van der Waals surface area contributed by atoms with Gasteiger partial charge in [0, 0.05) is 88.9 Å². The van der Waals surface area contributed by atoms with Gasteiger partial charge in [-0.05, 0) is 63.7 Å².